The summed E-state index contributed by atoms with van der Waals surface area (Å²) >= 11 is 1.64. The van der Waals surface area contributed by atoms with E-state index in [2.05, 4.69) is 41.5 Å². The quantitative estimate of drug-likeness (QED) is 0.710. The highest BCUT2D eigenvalue weighted by atomic mass is 32.1. The van der Waals surface area contributed by atoms with Crippen molar-refractivity contribution in [3.05, 3.63) is 53.6 Å². The molecule has 0 amide bonds. The minimum atomic E-state index is 0.780. The highest BCUT2D eigenvalue weighted by Gasteiger charge is 2.03. The molecule has 0 bridgehead atoms. The molecule has 102 valence electrons. The number of nitrogens with one attached hydrogen (secondary N) is 1. The van der Waals surface area contributed by atoms with Crippen LogP contribution in [0.4, 0.5) is 10.8 Å². The van der Waals surface area contributed by atoms with E-state index in [-0.39, 0.29) is 0 Å². The Morgan fingerprint density at radius 1 is 1.10 bits per heavy atom. The molecule has 3 aromatic rings. The third kappa shape index (κ3) is 2.75. The average Bonchev–Trinajstić information content (AvgIpc) is 2.87. The lowest BCUT2D eigenvalue weighted by molar-refractivity contribution is 1.10. The number of nitrogen functional groups attached to an aromatic ring is 1. The smallest absolute Gasteiger partial charge is 0.184 e. The molecule has 1 aromatic heterocycles. The predicted molar refractivity (Wildman–Crippen MR) is 87.2 cm³/mol. The van der Waals surface area contributed by atoms with E-state index in [1.807, 2.05) is 18.2 Å². The molecule has 0 fully saturated rings. The lowest BCUT2D eigenvalue weighted by Gasteiger charge is -2.03. The van der Waals surface area contributed by atoms with Crippen molar-refractivity contribution >= 4 is 32.4 Å². The molecule has 0 saturated carbocycles. The Bertz CT molecular complexity index is 716. The van der Waals surface area contributed by atoms with E-state index in [1.54, 1.807) is 11.3 Å². The van der Waals surface area contributed by atoms with Crippen LogP contribution >= 0.6 is 11.3 Å². The summed E-state index contributed by atoms with van der Waals surface area (Å²) in [5.41, 5.74) is 10.2. The summed E-state index contributed by atoms with van der Waals surface area (Å²) in [6.07, 6.45) is 1.08. The zero-order chi connectivity index (χ0) is 13.9. The van der Waals surface area contributed by atoms with Gasteiger partial charge in [-0.2, -0.15) is 0 Å². The van der Waals surface area contributed by atoms with Gasteiger partial charge in [-0.1, -0.05) is 42.5 Å². The number of benzene rings is 2. The number of thiazole rings is 1. The summed E-state index contributed by atoms with van der Waals surface area (Å²) in [6.45, 7) is 2.96. The van der Waals surface area contributed by atoms with Gasteiger partial charge in [0.05, 0.1) is 10.2 Å². The average molecular weight is 283 g/mol. The van der Waals surface area contributed by atoms with Gasteiger partial charge in [-0.05, 0) is 35.7 Å². The molecule has 20 heavy (non-hydrogen) atoms. The molecular weight excluding hydrogens is 266 g/mol. The highest BCUT2D eigenvalue weighted by molar-refractivity contribution is 7.22. The number of hydrogen-bond donors (Lipinski definition) is 2. The van der Waals surface area contributed by atoms with Gasteiger partial charge in [-0.25, -0.2) is 4.98 Å². The molecule has 0 atom stereocenters. The summed E-state index contributed by atoms with van der Waals surface area (Å²) in [5, 5.41) is 4.31. The largest absolute Gasteiger partial charge is 0.399 e. The molecule has 0 aliphatic rings. The molecule has 2 aromatic carbocycles. The number of hydrogen-bond acceptors (Lipinski definition) is 4. The summed E-state index contributed by atoms with van der Waals surface area (Å²) in [5.74, 6) is 0. The van der Waals surface area contributed by atoms with Crippen LogP contribution in [0, 0.1) is 0 Å². The summed E-state index contributed by atoms with van der Waals surface area (Å²) in [4.78, 5) is 4.55. The van der Waals surface area contributed by atoms with Crippen LogP contribution in [0.25, 0.3) is 10.2 Å². The maximum Gasteiger partial charge on any atom is 0.184 e. The maximum atomic E-state index is 5.78. The lowest BCUT2D eigenvalue weighted by Crippen LogP contribution is -1.98. The maximum absolute atomic E-state index is 5.78. The Kier molecular flexibility index (Phi) is 3.56. The van der Waals surface area contributed by atoms with Gasteiger partial charge in [0, 0.05) is 12.2 Å². The molecule has 3 N–H and O–H groups in total. The standard InChI is InChI=1S/C16H17N3S/c1-2-11-3-5-12(6-4-11)10-18-16-19-14-8-7-13(17)9-15(14)20-16/h3-9H,2,10,17H2,1H3,(H,18,19). The van der Waals surface area contributed by atoms with E-state index in [4.69, 9.17) is 5.73 Å². The fraction of sp³-hybridized carbons (Fsp3) is 0.188. The zero-order valence-electron chi connectivity index (χ0n) is 11.4. The molecule has 0 radical (unpaired) electrons. The molecule has 0 aliphatic carbocycles. The van der Waals surface area contributed by atoms with E-state index < -0.39 is 0 Å². The van der Waals surface area contributed by atoms with Crippen LogP contribution in [-0.2, 0) is 13.0 Å². The van der Waals surface area contributed by atoms with Crippen LogP contribution in [0.2, 0.25) is 0 Å². The van der Waals surface area contributed by atoms with E-state index in [0.717, 1.165) is 34.0 Å². The van der Waals surface area contributed by atoms with Crippen LogP contribution in [0.3, 0.4) is 0 Å². The second-order valence-electron chi connectivity index (χ2n) is 4.77. The van der Waals surface area contributed by atoms with E-state index in [0.29, 0.717) is 0 Å². The molecule has 1 heterocycles. The van der Waals surface area contributed by atoms with Crippen molar-refractivity contribution in [1.82, 2.24) is 4.98 Å². The zero-order valence-corrected chi connectivity index (χ0v) is 12.2. The molecule has 3 nitrogen and oxygen atoms in total. The highest BCUT2D eigenvalue weighted by Crippen LogP contribution is 2.27. The second kappa shape index (κ2) is 5.51. The van der Waals surface area contributed by atoms with Crippen molar-refractivity contribution in [2.24, 2.45) is 0 Å². The Labute approximate surface area is 122 Å². The van der Waals surface area contributed by atoms with Crippen molar-refractivity contribution in [2.75, 3.05) is 11.1 Å². The van der Waals surface area contributed by atoms with Gasteiger partial charge in [0.15, 0.2) is 5.13 Å². The lowest BCUT2D eigenvalue weighted by atomic mass is 10.1. The number of aryl methyl sites for hydroxylation is 1. The monoisotopic (exact) mass is 283 g/mol. The summed E-state index contributed by atoms with van der Waals surface area (Å²) in [6, 6.07) is 14.5. The van der Waals surface area contributed by atoms with E-state index >= 15 is 0 Å². The molecule has 0 saturated heterocycles. The van der Waals surface area contributed by atoms with Crippen LogP contribution in [0.15, 0.2) is 42.5 Å². The van der Waals surface area contributed by atoms with Crippen LogP contribution < -0.4 is 11.1 Å². The van der Waals surface area contributed by atoms with Crippen molar-refractivity contribution in [3.8, 4) is 0 Å². The predicted octanol–water partition coefficient (Wildman–Crippen LogP) is 4.05. The molecule has 0 spiro atoms. The van der Waals surface area contributed by atoms with Gasteiger partial charge in [-0.3, -0.25) is 0 Å². The van der Waals surface area contributed by atoms with Gasteiger partial charge in [-0.15, -0.1) is 0 Å². The van der Waals surface area contributed by atoms with Gasteiger partial charge >= 0.3 is 0 Å². The number of nitrogens with zero attached hydrogens (tertiary/aromatic N) is 1. The first-order chi connectivity index (χ1) is 9.74. The molecule has 0 aliphatic heterocycles. The molecular formula is C16H17N3S. The second-order valence-corrected chi connectivity index (χ2v) is 5.80. The first-order valence-electron chi connectivity index (χ1n) is 6.72. The van der Waals surface area contributed by atoms with Crippen molar-refractivity contribution < 1.29 is 0 Å². The number of nitrogens with two attached hydrogens (primary N) is 1. The van der Waals surface area contributed by atoms with Gasteiger partial charge in [0.1, 0.15) is 0 Å². The Balaban J connectivity index is 1.72. The number of aromatic nitrogens is 1. The van der Waals surface area contributed by atoms with Gasteiger partial charge in [0.25, 0.3) is 0 Å². The minimum absolute atomic E-state index is 0.780. The molecule has 0 unspecified atom stereocenters. The third-order valence-electron chi connectivity index (χ3n) is 3.29. The minimum Gasteiger partial charge on any atom is -0.399 e. The SMILES string of the molecule is CCc1ccc(CNc2nc3ccc(N)cc3s2)cc1. The van der Waals surface area contributed by atoms with E-state index in [1.165, 1.54) is 11.1 Å². The fourth-order valence-corrected chi connectivity index (χ4v) is 3.00. The Morgan fingerprint density at radius 3 is 2.60 bits per heavy atom. The third-order valence-corrected chi connectivity index (χ3v) is 4.26. The first-order valence-corrected chi connectivity index (χ1v) is 7.54. The number of anilines is 2. The van der Waals surface area contributed by atoms with Crippen molar-refractivity contribution in [3.63, 3.8) is 0 Å². The van der Waals surface area contributed by atoms with Crippen LogP contribution in [0.1, 0.15) is 18.1 Å². The number of fused-ring (bicyclic) bond motifs is 1. The summed E-state index contributed by atoms with van der Waals surface area (Å²) < 4.78 is 1.12. The normalized spacial score (nSPS) is 10.8. The first kappa shape index (κ1) is 12.9. The van der Waals surface area contributed by atoms with Crippen LogP contribution in [-0.4, -0.2) is 4.98 Å². The molecule has 4 heteroatoms. The number of rotatable bonds is 4. The molecule has 3 rings (SSSR count). The van der Waals surface area contributed by atoms with Gasteiger partial charge < -0.3 is 11.1 Å². The Morgan fingerprint density at radius 2 is 1.85 bits per heavy atom. The Hall–Kier alpha value is -2.07. The van der Waals surface area contributed by atoms with Crippen LogP contribution in [0.5, 0.6) is 0 Å². The van der Waals surface area contributed by atoms with Crippen molar-refractivity contribution in [2.45, 2.75) is 19.9 Å². The van der Waals surface area contributed by atoms with E-state index in [9.17, 15) is 0 Å². The topological polar surface area (TPSA) is 50.9 Å². The fourth-order valence-electron chi connectivity index (χ4n) is 2.09. The summed E-state index contributed by atoms with van der Waals surface area (Å²) in [7, 11) is 0. The van der Waals surface area contributed by atoms with Crippen molar-refractivity contribution in [1.29, 1.82) is 0 Å². The van der Waals surface area contributed by atoms with Gasteiger partial charge in [0.2, 0.25) is 0 Å².